The Balaban J connectivity index is 2.10. The molecule has 0 N–H and O–H groups in total. The summed E-state index contributed by atoms with van der Waals surface area (Å²) in [5, 5.41) is 0. The average Bonchev–Trinajstić information content (AvgIpc) is 2.70. The molecule has 0 heterocycles. The summed E-state index contributed by atoms with van der Waals surface area (Å²) in [5.74, 6) is 0.887. The lowest BCUT2D eigenvalue weighted by Gasteiger charge is -2.29. The van der Waals surface area contributed by atoms with Crippen LogP contribution in [0.1, 0.15) is 45.4 Å². The quantitative estimate of drug-likeness (QED) is 0.564. The van der Waals surface area contributed by atoms with Crippen molar-refractivity contribution in [3.05, 3.63) is 0 Å². The topological polar surface area (TPSA) is 17.1 Å². The zero-order valence-corrected chi connectivity index (χ0v) is 7.23. The third kappa shape index (κ3) is 1.11. The first-order valence-electron chi connectivity index (χ1n) is 4.75. The summed E-state index contributed by atoms with van der Waals surface area (Å²) in [7, 11) is 0. The van der Waals surface area contributed by atoms with E-state index < -0.39 is 0 Å². The van der Waals surface area contributed by atoms with Crippen molar-refractivity contribution >= 4 is 5.78 Å². The van der Waals surface area contributed by atoms with Gasteiger partial charge >= 0.3 is 0 Å². The second kappa shape index (κ2) is 2.33. The number of rotatable bonds is 1. The first-order valence-corrected chi connectivity index (χ1v) is 4.75. The van der Waals surface area contributed by atoms with Crippen molar-refractivity contribution in [3.8, 4) is 0 Å². The molecule has 0 aromatic rings. The summed E-state index contributed by atoms with van der Waals surface area (Å²) in [6.45, 7) is 1.77. The molecule has 2 fully saturated rings. The van der Waals surface area contributed by atoms with Gasteiger partial charge in [-0.1, -0.05) is 12.8 Å². The highest BCUT2D eigenvalue weighted by Crippen LogP contribution is 2.59. The van der Waals surface area contributed by atoms with E-state index in [1.54, 1.807) is 6.92 Å². The SMILES string of the molecule is CC(=O)[C@@H]1CCCCC12CC2. The van der Waals surface area contributed by atoms with Gasteiger partial charge in [-0.25, -0.2) is 0 Å². The maximum absolute atomic E-state index is 11.3. The van der Waals surface area contributed by atoms with E-state index in [-0.39, 0.29) is 0 Å². The molecule has 0 bridgehead atoms. The molecule has 0 saturated heterocycles. The highest BCUT2D eigenvalue weighted by molar-refractivity contribution is 5.79. The fourth-order valence-electron chi connectivity index (χ4n) is 2.70. The third-order valence-corrected chi connectivity index (χ3v) is 3.54. The summed E-state index contributed by atoms with van der Waals surface area (Å²) < 4.78 is 0. The van der Waals surface area contributed by atoms with Crippen molar-refractivity contribution in [1.29, 1.82) is 0 Å². The van der Waals surface area contributed by atoms with E-state index >= 15 is 0 Å². The van der Waals surface area contributed by atoms with E-state index in [2.05, 4.69) is 0 Å². The zero-order chi connectivity index (χ0) is 7.90. The Kier molecular flexibility index (Phi) is 1.55. The maximum atomic E-state index is 11.3. The number of hydrogen-bond donors (Lipinski definition) is 0. The molecule has 0 amide bonds. The van der Waals surface area contributed by atoms with Gasteiger partial charge in [-0.05, 0) is 38.0 Å². The summed E-state index contributed by atoms with van der Waals surface area (Å²) in [4.78, 5) is 11.3. The molecule has 1 atom stereocenters. The minimum atomic E-state index is 0.441. The van der Waals surface area contributed by atoms with Gasteiger partial charge in [-0.3, -0.25) is 4.79 Å². The molecule has 2 aliphatic carbocycles. The van der Waals surface area contributed by atoms with Crippen LogP contribution in [0.3, 0.4) is 0 Å². The Bertz CT molecular complexity index is 179. The number of ketones is 1. The fraction of sp³-hybridized carbons (Fsp3) is 0.900. The molecule has 0 aliphatic heterocycles. The zero-order valence-electron chi connectivity index (χ0n) is 7.23. The molecule has 0 aromatic carbocycles. The van der Waals surface area contributed by atoms with Crippen LogP contribution in [0.5, 0.6) is 0 Å². The number of hydrogen-bond acceptors (Lipinski definition) is 1. The Morgan fingerprint density at radius 1 is 1.27 bits per heavy atom. The van der Waals surface area contributed by atoms with Crippen LogP contribution in [0, 0.1) is 11.3 Å². The summed E-state index contributed by atoms with van der Waals surface area (Å²) in [6.07, 6.45) is 7.82. The van der Waals surface area contributed by atoms with Crippen LogP contribution in [0.25, 0.3) is 0 Å². The van der Waals surface area contributed by atoms with E-state index in [0.29, 0.717) is 17.1 Å². The molecule has 2 saturated carbocycles. The first kappa shape index (κ1) is 7.33. The molecule has 1 spiro atoms. The Hall–Kier alpha value is -0.330. The molecule has 2 aliphatic rings. The van der Waals surface area contributed by atoms with E-state index in [9.17, 15) is 4.79 Å². The number of Topliss-reactive ketones (excluding diaryl/α,β-unsaturated/α-hetero) is 1. The monoisotopic (exact) mass is 152 g/mol. The summed E-state index contributed by atoms with van der Waals surface area (Å²) >= 11 is 0. The highest BCUT2D eigenvalue weighted by Gasteiger charge is 2.51. The van der Waals surface area contributed by atoms with Crippen molar-refractivity contribution in [2.45, 2.75) is 45.4 Å². The Labute approximate surface area is 68.2 Å². The Morgan fingerprint density at radius 2 is 2.00 bits per heavy atom. The van der Waals surface area contributed by atoms with Gasteiger partial charge in [0.15, 0.2) is 0 Å². The van der Waals surface area contributed by atoms with E-state index in [1.165, 1.54) is 38.5 Å². The van der Waals surface area contributed by atoms with Gasteiger partial charge < -0.3 is 0 Å². The molecule has 0 radical (unpaired) electrons. The molecule has 0 aromatic heterocycles. The van der Waals surface area contributed by atoms with Crippen LogP contribution in [-0.4, -0.2) is 5.78 Å². The lowest BCUT2D eigenvalue weighted by atomic mass is 9.74. The molecule has 0 unspecified atom stereocenters. The smallest absolute Gasteiger partial charge is 0.133 e. The van der Waals surface area contributed by atoms with E-state index in [0.717, 1.165) is 0 Å². The van der Waals surface area contributed by atoms with Crippen LogP contribution in [0.2, 0.25) is 0 Å². The van der Waals surface area contributed by atoms with Crippen LogP contribution >= 0.6 is 0 Å². The van der Waals surface area contributed by atoms with Crippen molar-refractivity contribution in [1.82, 2.24) is 0 Å². The minimum absolute atomic E-state index is 0.441. The molecular weight excluding hydrogens is 136 g/mol. The fourth-order valence-corrected chi connectivity index (χ4v) is 2.70. The van der Waals surface area contributed by atoms with Gasteiger partial charge in [-0.2, -0.15) is 0 Å². The second-order valence-electron chi connectivity index (χ2n) is 4.27. The van der Waals surface area contributed by atoms with Crippen molar-refractivity contribution < 1.29 is 4.79 Å². The van der Waals surface area contributed by atoms with Crippen LogP contribution in [0.15, 0.2) is 0 Å². The van der Waals surface area contributed by atoms with Crippen LogP contribution < -0.4 is 0 Å². The van der Waals surface area contributed by atoms with Crippen LogP contribution in [0.4, 0.5) is 0 Å². The van der Waals surface area contributed by atoms with Crippen molar-refractivity contribution in [2.75, 3.05) is 0 Å². The standard InChI is InChI=1S/C10H16O/c1-8(11)9-4-2-3-5-10(9)6-7-10/h9H,2-7H2,1H3/t9-/m0/s1. The maximum Gasteiger partial charge on any atom is 0.133 e. The minimum Gasteiger partial charge on any atom is -0.300 e. The van der Waals surface area contributed by atoms with Gasteiger partial charge in [0.2, 0.25) is 0 Å². The Morgan fingerprint density at radius 3 is 2.45 bits per heavy atom. The average molecular weight is 152 g/mol. The van der Waals surface area contributed by atoms with Gasteiger partial charge in [-0.15, -0.1) is 0 Å². The number of carbonyl (C=O) groups excluding carboxylic acids is 1. The molecule has 11 heavy (non-hydrogen) atoms. The molecule has 2 rings (SSSR count). The normalized spacial score (nSPS) is 33.7. The molecule has 1 heteroatoms. The summed E-state index contributed by atoms with van der Waals surface area (Å²) in [6, 6.07) is 0. The lowest BCUT2D eigenvalue weighted by Crippen LogP contribution is -2.26. The van der Waals surface area contributed by atoms with E-state index in [1.807, 2.05) is 0 Å². The van der Waals surface area contributed by atoms with E-state index in [4.69, 9.17) is 0 Å². The molecule has 62 valence electrons. The van der Waals surface area contributed by atoms with Gasteiger partial charge in [0.25, 0.3) is 0 Å². The summed E-state index contributed by atoms with van der Waals surface area (Å²) in [5.41, 5.74) is 0.518. The van der Waals surface area contributed by atoms with Crippen molar-refractivity contribution in [2.24, 2.45) is 11.3 Å². The van der Waals surface area contributed by atoms with Crippen molar-refractivity contribution in [3.63, 3.8) is 0 Å². The predicted octanol–water partition coefficient (Wildman–Crippen LogP) is 2.55. The largest absolute Gasteiger partial charge is 0.300 e. The molecule has 1 nitrogen and oxygen atoms in total. The van der Waals surface area contributed by atoms with Gasteiger partial charge in [0, 0.05) is 5.92 Å². The molecular formula is C10H16O. The highest BCUT2D eigenvalue weighted by atomic mass is 16.1. The van der Waals surface area contributed by atoms with Gasteiger partial charge in [0.05, 0.1) is 0 Å². The first-order chi connectivity index (χ1) is 5.25. The second-order valence-corrected chi connectivity index (χ2v) is 4.27. The number of carbonyl (C=O) groups is 1. The third-order valence-electron chi connectivity index (χ3n) is 3.54. The van der Waals surface area contributed by atoms with Crippen LogP contribution in [-0.2, 0) is 4.79 Å². The lowest BCUT2D eigenvalue weighted by molar-refractivity contribution is -0.124. The predicted molar refractivity (Wildman–Crippen MR) is 44.3 cm³/mol. The van der Waals surface area contributed by atoms with Gasteiger partial charge in [0.1, 0.15) is 5.78 Å².